The van der Waals surface area contributed by atoms with Crippen molar-refractivity contribution in [2.45, 2.75) is 0 Å². The number of piperazine rings is 1. The van der Waals surface area contributed by atoms with Crippen LogP contribution in [0.25, 0.3) is 0 Å². The summed E-state index contributed by atoms with van der Waals surface area (Å²) in [6.07, 6.45) is 4.11. The molecule has 0 radical (unpaired) electrons. The van der Waals surface area contributed by atoms with E-state index in [2.05, 4.69) is 16.4 Å². The number of hydrogen-bond acceptors (Lipinski definition) is 4. The zero-order valence-electron chi connectivity index (χ0n) is 11.4. The van der Waals surface area contributed by atoms with Crippen molar-refractivity contribution >= 4 is 5.91 Å². The van der Waals surface area contributed by atoms with E-state index in [-0.39, 0.29) is 5.91 Å². The van der Waals surface area contributed by atoms with Gasteiger partial charge >= 0.3 is 0 Å². The highest BCUT2D eigenvalue weighted by Crippen LogP contribution is 2.23. The molecule has 0 aromatic heterocycles. The normalized spacial score (nSPS) is 19.1. The van der Waals surface area contributed by atoms with Gasteiger partial charge in [0.2, 0.25) is 0 Å². The third kappa shape index (κ3) is 2.77. The van der Waals surface area contributed by atoms with Gasteiger partial charge in [0.1, 0.15) is 5.75 Å². The Morgan fingerprint density at radius 2 is 2.05 bits per heavy atom. The molecule has 1 amide bonds. The molecule has 106 valence electrons. The number of ether oxygens (including phenoxy) is 1. The first-order valence-electron chi connectivity index (χ1n) is 6.97. The summed E-state index contributed by atoms with van der Waals surface area (Å²) in [6.45, 7) is 4.97. The zero-order valence-corrected chi connectivity index (χ0v) is 11.4. The first kappa shape index (κ1) is 13.0. The van der Waals surface area contributed by atoms with E-state index in [4.69, 9.17) is 4.74 Å². The van der Waals surface area contributed by atoms with Crippen LogP contribution in [0.2, 0.25) is 0 Å². The van der Waals surface area contributed by atoms with Crippen LogP contribution in [-0.2, 0) is 0 Å². The lowest BCUT2D eigenvalue weighted by molar-refractivity contribution is 0.0554. The summed E-state index contributed by atoms with van der Waals surface area (Å²) < 4.78 is 5.60. The minimum atomic E-state index is 0.0387. The Morgan fingerprint density at radius 3 is 2.90 bits per heavy atom. The van der Waals surface area contributed by atoms with Gasteiger partial charge in [0, 0.05) is 32.7 Å². The number of amides is 1. The predicted octanol–water partition coefficient (Wildman–Crippen LogP) is 0.898. The second-order valence-corrected chi connectivity index (χ2v) is 4.97. The molecule has 0 bridgehead atoms. The Kier molecular flexibility index (Phi) is 3.87. The zero-order chi connectivity index (χ0) is 13.8. The van der Waals surface area contributed by atoms with E-state index in [9.17, 15) is 4.79 Å². The molecular weight excluding hydrogens is 254 g/mol. The molecule has 5 heteroatoms. The molecule has 2 aliphatic heterocycles. The summed E-state index contributed by atoms with van der Waals surface area (Å²) in [5, 5.41) is 3.31. The second-order valence-electron chi connectivity index (χ2n) is 4.97. The van der Waals surface area contributed by atoms with E-state index in [1.807, 2.05) is 30.3 Å². The number of hydrogen-bond donors (Lipinski definition) is 1. The summed E-state index contributed by atoms with van der Waals surface area (Å²) in [7, 11) is 0. The molecule has 20 heavy (non-hydrogen) atoms. The van der Waals surface area contributed by atoms with Crippen molar-refractivity contribution in [3.63, 3.8) is 0 Å². The highest BCUT2D eigenvalue weighted by atomic mass is 16.5. The second kappa shape index (κ2) is 5.96. The van der Waals surface area contributed by atoms with Crippen molar-refractivity contribution < 1.29 is 9.53 Å². The number of nitrogens with one attached hydrogen (secondary N) is 1. The molecule has 1 fully saturated rings. The first-order valence-corrected chi connectivity index (χ1v) is 6.97. The smallest absolute Gasteiger partial charge is 0.260 e. The highest BCUT2D eigenvalue weighted by Gasteiger charge is 2.23. The molecule has 0 spiro atoms. The summed E-state index contributed by atoms with van der Waals surface area (Å²) in [4.78, 5) is 16.3. The minimum Gasteiger partial charge on any atom is -0.472 e. The molecular formula is C15H19N3O2. The highest BCUT2D eigenvalue weighted by molar-refractivity contribution is 5.97. The number of rotatable bonds is 3. The molecule has 0 saturated carbocycles. The van der Waals surface area contributed by atoms with Crippen LogP contribution in [0.4, 0.5) is 0 Å². The van der Waals surface area contributed by atoms with Gasteiger partial charge in [-0.3, -0.25) is 4.79 Å². The van der Waals surface area contributed by atoms with Gasteiger partial charge in [-0.05, 0) is 24.4 Å². The van der Waals surface area contributed by atoms with Gasteiger partial charge in [-0.25, -0.2) is 0 Å². The first-order chi connectivity index (χ1) is 9.84. The van der Waals surface area contributed by atoms with Gasteiger partial charge in [-0.1, -0.05) is 12.1 Å². The van der Waals surface area contributed by atoms with Crippen LogP contribution in [0.1, 0.15) is 10.4 Å². The maximum Gasteiger partial charge on any atom is 0.260 e. The van der Waals surface area contributed by atoms with Crippen LogP contribution < -0.4 is 10.1 Å². The van der Waals surface area contributed by atoms with Gasteiger partial charge in [-0.2, -0.15) is 0 Å². The summed E-state index contributed by atoms with van der Waals surface area (Å²) in [5.74, 6) is 0.719. The van der Waals surface area contributed by atoms with Crippen molar-refractivity contribution in [1.29, 1.82) is 0 Å². The fourth-order valence-corrected chi connectivity index (χ4v) is 2.44. The molecule has 2 heterocycles. The number of para-hydroxylation sites is 1. The third-order valence-electron chi connectivity index (χ3n) is 3.57. The maximum absolute atomic E-state index is 12.3. The standard InChI is InChI=1S/C15H19N3O2/c19-15-13-4-1-2-5-14(13)20-12-18(15)9-3-8-17-10-6-16-7-11-17/h1-5,8,16H,6-7,9-12H2. The van der Waals surface area contributed by atoms with Crippen LogP contribution in [0, 0.1) is 0 Å². The van der Waals surface area contributed by atoms with Crippen LogP contribution in [0.15, 0.2) is 36.5 Å². The van der Waals surface area contributed by atoms with Crippen molar-refractivity contribution in [2.24, 2.45) is 0 Å². The van der Waals surface area contributed by atoms with Crippen molar-refractivity contribution in [3.05, 3.63) is 42.1 Å². The van der Waals surface area contributed by atoms with Gasteiger partial charge in [0.25, 0.3) is 5.91 Å². The molecule has 0 unspecified atom stereocenters. The Hall–Kier alpha value is -2.01. The molecule has 0 aliphatic carbocycles. The minimum absolute atomic E-state index is 0.0387. The largest absolute Gasteiger partial charge is 0.472 e. The van der Waals surface area contributed by atoms with Gasteiger partial charge in [-0.15, -0.1) is 0 Å². The number of carbonyl (C=O) groups is 1. The van der Waals surface area contributed by atoms with E-state index >= 15 is 0 Å². The van der Waals surface area contributed by atoms with Crippen molar-refractivity contribution in [2.75, 3.05) is 39.5 Å². The fourth-order valence-electron chi connectivity index (χ4n) is 2.44. The van der Waals surface area contributed by atoms with Gasteiger partial charge < -0.3 is 19.9 Å². The molecule has 1 N–H and O–H groups in total. The third-order valence-corrected chi connectivity index (χ3v) is 3.57. The summed E-state index contributed by atoms with van der Waals surface area (Å²) >= 11 is 0. The summed E-state index contributed by atoms with van der Waals surface area (Å²) in [5.41, 5.74) is 0.648. The average molecular weight is 273 g/mol. The van der Waals surface area contributed by atoms with Gasteiger partial charge in [0.05, 0.1) is 5.56 Å². The molecule has 0 atom stereocenters. The van der Waals surface area contributed by atoms with E-state index in [0.717, 1.165) is 26.2 Å². The van der Waals surface area contributed by atoms with Gasteiger partial charge in [0.15, 0.2) is 6.73 Å². The Labute approximate surface area is 118 Å². The topological polar surface area (TPSA) is 44.8 Å². The molecule has 2 aliphatic rings. The molecule has 1 aromatic rings. The van der Waals surface area contributed by atoms with E-state index in [1.165, 1.54) is 0 Å². The van der Waals surface area contributed by atoms with Crippen LogP contribution in [0.3, 0.4) is 0 Å². The van der Waals surface area contributed by atoms with Crippen molar-refractivity contribution in [3.8, 4) is 5.75 Å². The fraction of sp³-hybridized carbons (Fsp3) is 0.400. The van der Waals surface area contributed by atoms with E-state index < -0.39 is 0 Å². The lowest BCUT2D eigenvalue weighted by atomic mass is 10.1. The molecule has 3 rings (SSSR count). The lowest BCUT2D eigenvalue weighted by Crippen LogP contribution is -2.41. The molecule has 5 nitrogen and oxygen atoms in total. The monoisotopic (exact) mass is 273 g/mol. The van der Waals surface area contributed by atoms with Crippen LogP contribution >= 0.6 is 0 Å². The Morgan fingerprint density at radius 1 is 1.25 bits per heavy atom. The summed E-state index contributed by atoms with van der Waals surface area (Å²) in [6, 6.07) is 7.39. The molecule has 1 aromatic carbocycles. The quantitative estimate of drug-likeness (QED) is 0.888. The predicted molar refractivity (Wildman–Crippen MR) is 76.6 cm³/mol. The number of benzene rings is 1. The average Bonchev–Trinajstić information content (AvgIpc) is 2.51. The van der Waals surface area contributed by atoms with Crippen LogP contribution in [0.5, 0.6) is 5.75 Å². The molecule has 1 saturated heterocycles. The van der Waals surface area contributed by atoms with E-state index in [0.29, 0.717) is 24.6 Å². The number of nitrogens with zero attached hydrogens (tertiary/aromatic N) is 2. The Balaban J connectivity index is 1.59. The van der Waals surface area contributed by atoms with Crippen LogP contribution in [-0.4, -0.2) is 55.2 Å². The lowest BCUT2D eigenvalue weighted by Gasteiger charge is -2.29. The maximum atomic E-state index is 12.3. The SMILES string of the molecule is O=C1c2ccccc2OCN1CC=CN1CCNCC1. The number of carbonyl (C=O) groups excluding carboxylic acids is 1. The van der Waals surface area contributed by atoms with Crippen molar-refractivity contribution in [1.82, 2.24) is 15.1 Å². The van der Waals surface area contributed by atoms with E-state index in [1.54, 1.807) is 4.90 Å². The number of fused-ring (bicyclic) bond motifs is 1. The Bertz CT molecular complexity index is 510.